The van der Waals surface area contributed by atoms with Crippen molar-refractivity contribution in [1.82, 2.24) is 9.78 Å². The van der Waals surface area contributed by atoms with Gasteiger partial charge in [-0.05, 0) is 21.5 Å². The lowest BCUT2D eigenvalue weighted by Crippen LogP contribution is -2.14. The van der Waals surface area contributed by atoms with Crippen LogP contribution in [-0.4, -0.2) is 21.5 Å². The standard InChI is InChI=1S/C11H11BrN2O/c12-10-6-13-14(7-10)11(8-15)9-4-2-1-3-5-9/h1-7,11,15H,8H2. The molecule has 0 spiro atoms. The second-order valence-corrected chi connectivity index (χ2v) is 4.16. The van der Waals surface area contributed by atoms with Crippen LogP contribution in [0.3, 0.4) is 0 Å². The van der Waals surface area contributed by atoms with Gasteiger partial charge < -0.3 is 5.11 Å². The fraction of sp³-hybridized carbons (Fsp3) is 0.182. The molecule has 0 aliphatic heterocycles. The average molecular weight is 267 g/mol. The van der Waals surface area contributed by atoms with Gasteiger partial charge in [0.05, 0.1) is 23.3 Å². The van der Waals surface area contributed by atoms with Crippen molar-refractivity contribution in [2.45, 2.75) is 6.04 Å². The van der Waals surface area contributed by atoms with Gasteiger partial charge in [0.2, 0.25) is 0 Å². The Morgan fingerprint density at radius 3 is 2.60 bits per heavy atom. The van der Waals surface area contributed by atoms with Crippen LogP contribution >= 0.6 is 15.9 Å². The molecule has 1 atom stereocenters. The molecule has 0 amide bonds. The molecule has 4 heteroatoms. The molecule has 1 unspecified atom stereocenters. The van der Waals surface area contributed by atoms with Crippen molar-refractivity contribution in [1.29, 1.82) is 0 Å². The molecule has 2 aromatic rings. The van der Waals surface area contributed by atoms with Gasteiger partial charge in [0, 0.05) is 6.20 Å². The summed E-state index contributed by atoms with van der Waals surface area (Å²) in [4.78, 5) is 0. The Morgan fingerprint density at radius 2 is 2.07 bits per heavy atom. The number of aromatic nitrogens is 2. The number of rotatable bonds is 3. The third kappa shape index (κ3) is 2.27. The maximum absolute atomic E-state index is 9.37. The molecule has 3 nitrogen and oxygen atoms in total. The number of benzene rings is 1. The van der Waals surface area contributed by atoms with Gasteiger partial charge in [-0.3, -0.25) is 4.68 Å². The summed E-state index contributed by atoms with van der Waals surface area (Å²) in [5, 5.41) is 13.5. The number of nitrogens with zero attached hydrogens (tertiary/aromatic N) is 2. The van der Waals surface area contributed by atoms with Gasteiger partial charge in [0.15, 0.2) is 0 Å². The molecule has 78 valence electrons. The van der Waals surface area contributed by atoms with E-state index in [2.05, 4.69) is 21.0 Å². The summed E-state index contributed by atoms with van der Waals surface area (Å²) in [6, 6.07) is 9.72. The molecular formula is C11H11BrN2O. The maximum Gasteiger partial charge on any atom is 0.0999 e. The van der Waals surface area contributed by atoms with E-state index in [1.807, 2.05) is 36.5 Å². The molecular weight excluding hydrogens is 256 g/mol. The van der Waals surface area contributed by atoms with Gasteiger partial charge in [0.25, 0.3) is 0 Å². The molecule has 1 aromatic carbocycles. The summed E-state index contributed by atoms with van der Waals surface area (Å²) in [6.45, 7) is 0.0398. The van der Waals surface area contributed by atoms with Gasteiger partial charge in [-0.25, -0.2) is 0 Å². The predicted octanol–water partition coefficient (Wildman–Crippen LogP) is 2.23. The van der Waals surface area contributed by atoms with Crippen LogP contribution in [0, 0.1) is 0 Å². The average Bonchev–Trinajstić information content (AvgIpc) is 2.68. The van der Waals surface area contributed by atoms with Gasteiger partial charge in [0.1, 0.15) is 0 Å². The molecule has 15 heavy (non-hydrogen) atoms. The molecule has 1 aromatic heterocycles. The lowest BCUT2D eigenvalue weighted by atomic mass is 10.1. The van der Waals surface area contributed by atoms with Crippen LogP contribution in [0.25, 0.3) is 0 Å². The molecule has 0 fully saturated rings. The van der Waals surface area contributed by atoms with Crippen molar-refractivity contribution < 1.29 is 5.11 Å². The van der Waals surface area contributed by atoms with Crippen LogP contribution in [0.4, 0.5) is 0 Å². The molecule has 0 bridgehead atoms. The summed E-state index contributed by atoms with van der Waals surface area (Å²) < 4.78 is 2.66. The monoisotopic (exact) mass is 266 g/mol. The van der Waals surface area contributed by atoms with Crippen LogP contribution in [-0.2, 0) is 0 Å². The van der Waals surface area contributed by atoms with E-state index in [9.17, 15) is 5.11 Å². The number of halogens is 1. The SMILES string of the molecule is OCC(c1ccccc1)n1cc(Br)cn1. The Labute approximate surface area is 96.5 Å². The summed E-state index contributed by atoms with van der Waals surface area (Å²) in [7, 11) is 0. The van der Waals surface area contributed by atoms with E-state index in [-0.39, 0.29) is 12.6 Å². The normalized spacial score (nSPS) is 12.7. The first-order valence-electron chi connectivity index (χ1n) is 4.66. The first-order chi connectivity index (χ1) is 7.31. The smallest absolute Gasteiger partial charge is 0.0999 e. The second-order valence-electron chi connectivity index (χ2n) is 3.25. The lowest BCUT2D eigenvalue weighted by Gasteiger charge is -2.14. The summed E-state index contributed by atoms with van der Waals surface area (Å²) in [5.41, 5.74) is 1.05. The minimum atomic E-state index is -0.113. The van der Waals surface area contributed by atoms with Crippen molar-refractivity contribution in [2.24, 2.45) is 0 Å². The second kappa shape index (κ2) is 4.59. The Morgan fingerprint density at radius 1 is 1.33 bits per heavy atom. The van der Waals surface area contributed by atoms with Crippen molar-refractivity contribution in [3.05, 3.63) is 52.8 Å². The topological polar surface area (TPSA) is 38.0 Å². The summed E-state index contributed by atoms with van der Waals surface area (Å²) >= 11 is 3.34. The molecule has 1 heterocycles. The fourth-order valence-electron chi connectivity index (χ4n) is 1.50. The van der Waals surface area contributed by atoms with Crippen molar-refractivity contribution in [3.63, 3.8) is 0 Å². The number of aliphatic hydroxyl groups excluding tert-OH is 1. The van der Waals surface area contributed by atoms with Crippen molar-refractivity contribution in [3.8, 4) is 0 Å². The first-order valence-corrected chi connectivity index (χ1v) is 5.46. The van der Waals surface area contributed by atoms with E-state index in [0.717, 1.165) is 10.0 Å². The van der Waals surface area contributed by atoms with E-state index < -0.39 is 0 Å². The molecule has 0 radical (unpaired) electrons. The van der Waals surface area contributed by atoms with Gasteiger partial charge in [-0.2, -0.15) is 5.10 Å². The Balaban J connectivity index is 2.33. The van der Waals surface area contributed by atoms with E-state index >= 15 is 0 Å². The molecule has 0 saturated heterocycles. The lowest BCUT2D eigenvalue weighted by molar-refractivity contribution is 0.241. The molecule has 0 saturated carbocycles. The quantitative estimate of drug-likeness (QED) is 0.926. The Kier molecular flexibility index (Phi) is 3.18. The highest BCUT2D eigenvalue weighted by atomic mass is 79.9. The van der Waals surface area contributed by atoms with Crippen LogP contribution in [0.5, 0.6) is 0 Å². The molecule has 0 aliphatic carbocycles. The van der Waals surface area contributed by atoms with E-state index in [0.29, 0.717) is 0 Å². The zero-order valence-corrected chi connectivity index (χ0v) is 9.63. The van der Waals surface area contributed by atoms with Crippen LogP contribution in [0.1, 0.15) is 11.6 Å². The summed E-state index contributed by atoms with van der Waals surface area (Å²) in [5.74, 6) is 0. The number of aliphatic hydroxyl groups is 1. The highest BCUT2D eigenvalue weighted by Gasteiger charge is 2.12. The minimum absolute atomic E-state index is 0.0398. The Bertz CT molecular complexity index is 427. The van der Waals surface area contributed by atoms with Crippen molar-refractivity contribution in [2.75, 3.05) is 6.61 Å². The fourth-order valence-corrected chi connectivity index (χ4v) is 1.80. The molecule has 0 aliphatic rings. The highest BCUT2D eigenvalue weighted by Crippen LogP contribution is 2.18. The van der Waals surface area contributed by atoms with E-state index in [1.54, 1.807) is 10.9 Å². The molecule has 1 N–H and O–H groups in total. The van der Waals surface area contributed by atoms with E-state index in [1.165, 1.54) is 0 Å². The highest BCUT2D eigenvalue weighted by molar-refractivity contribution is 9.10. The van der Waals surface area contributed by atoms with Gasteiger partial charge >= 0.3 is 0 Å². The van der Waals surface area contributed by atoms with E-state index in [4.69, 9.17) is 0 Å². The number of hydrogen-bond acceptors (Lipinski definition) is 2. The zero-order valence-electron chi connectivity index (χ0n) is 8.05. The zero-order chi connectivity index (χ0) is 10.7. The summed E-state index contributed by atoms with van der Waals surface area (Å²) in [6.07, 6.45) is 3.57. The Hall–Kier alpha value is -1.13. The van der Waals surface area contributed by atoms with Crippen LogP contribution in [0.15, 0.2) is 47.2 Å². The van der Waals surface area contributed by atoms with Gasteiger partial charge in [-0.15, -0.1) is 0 Å². The number of hydrogen-bond donors (Lipinski definition) is 1. The largest absolute Gasteiger partial charge is 0.394 e. The predicted molar refractivity (Wildman–Crippen MR) is 61.6 cm³/mol. The maximum atomic E-state index is 9.37. The third-order valence-corrected chi connectivity index (χ3v) is 2.66. The van der Waals surface area contributed by atoms with Gasteiger partial charge in [-0.1, -0.05) is 30.3 Å². The minimum Gasteiger partial charge on any atom is -0.394 e. The first kappa shape index (κ1) is 10.4. The van der Waals surface area contributed by atoms with Crippen molar-refractivity contribution >= 4 is 15.9 Å². The van der Waals surface area contributed by atoms with Crippen LogP contribution < -0.4 is 0 Å². The third-order valence-electron chi connectivity index (χ3n) is 2.25. The molecule has 2 rings (SSSR count). The van der Waals surface area contributed by atoms with Crippen LogP contribution in [0.2, 0.25) is 0 Å².